The van der Waals surface area contributed by atoms with Gasteiger partial charge in [-0.2, -0.15) is 0 Å². The lowest BCUT2D eigenvalue weighted by Crippen LogP contribution is -1.97. The first kappa shape index (κ1) is 30.5. The topological polar surface area (TPSA) is 38.9 Å². The van der Waals surface area contributed by atoms with Crippen LogP contribution in [0, 0.1) is 0 Å². The molecular weight excluding hydrogens is 657 g/mol. The molecule has 0 saturated carbocycles. The van der Waals surface area contributed by atoms with Gasteiger partial charge in [-0.25, -0.2) is 9.97 Å². The second kappa shape index (κ2) is 12.3. The van der Waals surface area contributed by atoms with Crippen molar-refractivity contribution in [2.24, 2.45) is 0 Å². The molecule has 2 heterocycles. The van der Waals surface area contributed by atoms with Crippen molar-refractivity contribution in [1.82, 2.24) is 9.97 Å². The van der Waals surface area contributed by atoms with Crippen LogP contribution in [0.4, 0.5) is 0 Å². The van der Waals surface area contributed by atoms with Gasteiger partial charge in [-0.05, 0) is 92.5 Å². The van der Waals surface area contributed by atoms with Crippen molar-refractivity contribution in [3.05, 3.63) is 193 Å². The van der Waals surface area contributed by atoms with E-state index in [-0.39, 0.29) is 0 Å². The standard InChI is InChI=1S/C51H32N2O/c1-2-13-33(14-3-1)47-31-48(53-51(52-47)36-25-24-32-12-4-5-15-34(32)26-36)39-28-37(41-19-10-21-43-40-17-7-6-16-35(40)30-46(41)43)27-38(29-39)42-20-11-22-45-44-18-8-9-23-49(44)54-50(42)45/h1-29,31H,30H2. The first-order valence-corrected chi connectivity index (χ1v) is 18.4. The lowest BCUT2D eigenvalue weighted by molar-refractivity contribution is 0.670. The van der Waals surface area contributed by atoms with E-state index in [0.29, 0.717) is 5.82 Å². The summed E-state index contributed by atoms with van der Waals surface area (Å²) in [5.41, 5.74) is 16.4. The van der Waals surface area contributed by atoms with E-state index in [4.69, 9.17) is 14.4 Å². The number of aromatic nitrogens is 2. The Hall–Kier alpha value is -7.10. The monoisotopic (exact) mass is 688 g/mol. The smallest absolute Gasteiger partial charge is 0.160 e. The van der Waals surface area contributed by atoms with Gasteiger partial charge in [0.1, 0.15) is 11.2 Å². The van der Waals surface area contributed by atoms with Crippen molar-refractivity contribution in [3.63, 3.8) is 0 Å². The van der Waals surface area contributed by atoms with Crippen molar-refractivity contribution in [2.45, 2.75) is 6.42 Å². The van der Waals surface area contributed by atoms with Gasteiger partial charge in [-0.3, -0.25) is 0 Å². The molecule has 0 saturated heterocycles. The Labute approximate surface area is 312 Å². The van der Waals surface area contributed by atoms with Crippen molar-refractivity contribution in [2.75, 3.05) is 0 Å². The maximum absolute atomic E-state index is 6.61. The minimum atomic E-state index is 0.694. The molecular formula is C51H32N2O. The molecule has 10 aromatic rings. The van der Waals surface area contributed by atoms with E-state index in [2.05, 4.69) is 164 Å². The van der Waals surface area contributed by atoms with Crippen LogP contribution in [-0.4, -0.2) is 9.97 Å². The number of furan rings is 1. The summed E-state index contributed by atoms with van der Waals surface area (Å²) in [7, 11) is 0. The number of hydrogen-bond donors (Lipinski definition) is 0. The van der Waals surface area contributed by atoms with Crippen LogP contribution in [0.1, 0.15) is 11.1 Å². The number of benzene rings is 8. The quantitative estimate of drug-likeness (QED) is 0.181. The van der Waals surface area contributed by atoms with Crippen LogP contribution in [0.25, 0.3) is 100.0 Å². The van der Waals surface area contributed by atoms with Crippen LogP contribution in [0.5, 0.6) is 0 Å². The Morgan fingerprint density at radius 2 is 1.04 bits per heavy atom. The van der Waals surface area contributed by atoms with Crippen LogP contribution >= 0.6 is 0 Å². The first-order chi connectivity index (χ1) is 26.7. The average molecular weight is 689 g/mol. The molecule has 0 fully saturated rings. The molecule has 0 atom stereocenters. The molecule has 11 rings (SSSR count). The molecule has 3 heteroatoms. The molecule has 0 N–H and O–H groups in total. The third-order valence-corrected chi connectivity index (χ3v) is 10.9. The largest absolute Gasteiger partial charge is 0.455 e. The third kappa shape index (κ3) is 5.05. The summed E-state index contributed by atoms with van der Waals surface area (Å²) in [5, 5.41) is 4.58. The van der Waals surface area contributed by atoms with Crippen molar-refractivity contribution >= 4 is 32.7 Å². The predicted octanol–water partition coefficient (Wildman–Crippen LogP) is 13.4. The predicted molar refractivity (Wildman–Crippen MR) is 222 cm³/mol. The fraction of sp³-hybridized carbons (Fsp3) is 0.0196. The number of rotatable bonds is 5. The van der Waals surface area contributed by atoms with Gasteiger partial charge in [-0.15, -0.1) is 0 Å². The second-order valence-electron chi connectivity index (χ2n) is 14.1. The van der Waals surface area contributed by atoms with Gasteiger partial charge in [0.05, 0.1) is 11.4 Å². The Morgan fingerprint density at radius 3 is 1.94 bits per heavy atom. The molecule has 8 aromatic carbocycles. The fourth-order valence-corrected chi connectivity index (χ4v) is 8.30. The maximum Gasteiger partial charge on any atom is 0.160 e. The first-order valence-electron chi connectivity index (χ1n) is 18.4. The van der Waals surface area contributed by atoms with E-state index in [1.54, 1.807) is 0 Å². The highest BCUT2D eigenvalue weighted by Gasteiger charge is 2.23. The molecule has 0 radical (unpaired) electrons. The lowest BCUT2D eigenvalue weighted by Gasteiger charge is -2.15. The van der Waals surface area contributed by atoms with Crippen LogP contribution in [0.3, 0.4) is 0 Å². The zero-order valence-corrected chi connectivity index (χ0v) is 29.3. The Bertz CT molecular complexity index is 3080. The third-order valence-electron chi connectivity index (χ3n) is 10.9. The summed E-state index contributed by atoms with van der Waals surface area (Å²) in [5.74, 6) is 0.694. The Morgan fingerprint density at radius 1 is 0.389 bits per heavy atom. The molecule has 0 unspecified atom stereocenters. The minimum absolute atomic E-state index is 0.694. The summed E-state index contributed by atoms with van der Waals surface area (Å²) in [6.45, 7) is 0. The van der Waals surface area contributed by atoms with Crippen LogP contribution in [-0.2, 0) is 6.42 Å². The van der Waals surface area contributed by atoms with Gasteiger partial charge in [0, 0.05) is 33.0 Å². The molecule has 1 aliphatic carbocycles. The van der Waals surface area contributed by atoms with Gasteiger partial charge >= 0.3 is 0 Å². The Kier molecular flexibility index (Phi) is 6.93. The highest BCUT2D eigenvalue weighted by Crippen LogP contribution is 2.44. The molecule has 1 aliphatic rings. The minimum Gasteiger partial charge on any atom is -0.455 e. The maximum atomic E-state index is 6.61. The lowest BCUT2D eigenvalue weighted by atomic mass is 9.90. The van der Waals surface area contributed by atoms with E-state index < -0.39 is 0 Å². The van der Waals surface area contributed by atoms with E-state index in [1.165, 1.54) is 33.2 Å². The average Bonchev–Trinajstić information content (AvgIpc) is 3.82. The van der Waals surface area contributed by atoms with E-state index >= 15 is 0 Å². The molecule has 0 aliphatic heterocycles. The molecule has 0 spiro atoms. The van der Waals surface area contributed by atoms with E-state index in [1.807, 2.05) is 18.2 Å². The molecule has 2 aromatic heterocycles. The van der Waals surface area contributed by atoms with Crippen LogP contribution < -0.4 is 0 Å². The van der Waals surface area contributed by atoms with Gasteiger partial charge in [0.15, 0.2) is 5.82 Å². The molecule has 0 amide bonds. The highest BCUT2D eigenvalue weighted by molar-refractivity contribution is 6.10. The summed E-state index contributed by atoms with van der Waals surface area (Å²) in [6.07, 6.45) is 0.901. The van der Waals surface area contributed by atoms with E-state index in [0.717, 1.165) is 78.5 Å². The van der Waals surface area contributed by atoms with Crippen molar-refractivity contribution in [1.29, 1.82) is 0 Å². The van der Waals surface area contributed by atoms with Gasteiger partial charge in [0.2, 0.25) is 0 Å². The number of nitrogens with zero attached hydrogens (tertiary/aromatic N) is 2. The van der Waals surface area contributed by atoms with Gasteiger partial charge < -0.3 is 4.42 Å². The van der Waals surface area contributed by atoms with Crippen molar-refractivity contribution < 1.29 is 4.42 Å². The molecule has 0 bridgehead atoms. The summed E-state index contributed by atoms with van der Waals surface area (Å²) >= 11 is 0. The fourth-order valence-electron chi connectivity index (χ4n) is 8.30. The van der Waals surface area contributed by atoms with E-state index in [9.17, 15) is 0 Å². The second-order valence-corrected chi connectivity index (χ2v) is 14.1. The van der Waals surface area contributed by atoms with Crippen LogP contribution in [0.2, 0.25) is 0 Å². The summed E-state index contributed by atoms with van der Waals surface area (Å²) in [6, 6.07) is 64.6. The molecule has 3 nitrogen and oxygen atoms in total. The Balaban J connectivity index is 1.17. The summed E-state index contributed by atoms with van der Waals surface area (Å²) < 4.78 is 6.61. The molecule has 54 heavy (non-hydrogen) atoms. The molecule has 252 valence electrons. The van der Waals surface area contributed by atoms with Crippen molar-refractivity contribution in [3.8, 4) is 67.3 Å². The SMILES string of the molecule is c1ccc(-c2cc(-c3cc(-c4cccc5c4Cc4ccccc4-5)cc(-c4cccc5c4oc4ccccc45)c3)nc(-c3ccc4ccccc4c3)n2)cc1. The zero-order chi connectivity index (χ0) is 35.6. The number of para-hydroxylation sites is 2. The number of fused-ring (bicyclic) bond motifs is 7. The number of hydrogen-bond acceptors (Lipinski definition) is 3. The van der Waals surface area contributed by atoms with Gasteiger partial charge in [0.25, 0.3) is 0 Å². The normalized spacial score (nSPS) is 12.0. The zero-order valence-electron chi connectivity index (χ0n) is 29.3. The van der Waals surface area contributed by atoms with Crippen LogP contribution in [0.15, 0.2) is 186 Å². The summed E-state index contributed by atoms with van der Waals surface area (Å²) in [4.78, 5) is 10.5. The van der Waals surface area contributed by atoms with Gasteiger partial charge in [-0.1, -0.05) is 146 Å². The highest BCUT2D eigenvalue weighted by atomic mass is 16.3.